The lowest BCUT2D eigenvalue weighted by Crippen LogP contribution is -2.36. The number of benzene rings is 3. The minimum atomic E-state index is -1.23. The number of rotatable bonds is 6. The molecule has 0 saturated heterocycles. The highest BCUT2D eigenvalue weighted by molar-refractivity contribution is 6.30. The number of amides is 2. The molecule has 3 aromatic carbocycles. The van der Waals surface area contributed by atoms with Crippen LogP contribution in [0.5, 0.6) is 0 Å². The molecule has 31 heavy (non-hydrogen) atoms. The quantitative estimate of drug-likeness (QED) is 0.332. The zero-order valence-corrected chi connectivity index (χ0v) is 16.9. The van der Waals surface area contributed by atoms with Gasteiger partial charge in [-0.05, 0) is 36.4 Å². The number of carbonyl (C=O) groups excluding carboxylic acids is 4. The van der Waals surface area contributed by atoms with Gasteiger partial charge in [-0.15, -0.1) is 0 Å². The largest absolute Gasteiger partial charge is 0.448 e. The lowest BCUT2D eigenvalue weighted by molar-refractivity contribution is -0.147. The highest BCUT2D eigenvalue weighted by Crippen LogP contribution is 2.26. The van der Waals surface area contributed by atoms with Crippen molar-refractivity contribution < 1.29 is 23.9 Å². The van der Waals surface area contributed by atoms with Gasteiger partial charge in [0.15, 0.2) is 6.10 Å². The van der Waals surface area contributed by atoms with Crippen molar-refractivity contribution in [1.29, 1.82) is 0 Å². The molecular weight excluding hydrogens is 418 g/mol. The van der Waals surface area contributed by atoms with Crippen molar-refractivity contribution in [2.75, 3.05) is 6.54 Å². The van der Waals surface area contributed by atoms with E-state index >= 15 is 0 Å². The van der Waals surface area contributed by atoms with E-state index in [0.29, 0.717) is 16.1 Å². The third-order valence-corrected chi connectivity index (χ3v) is 5.14. The summed E-state index contributed by atoms with van der Waals surface area (Å²) in [6.45, 7) is -0.594. The van der Waals surface area contributed by atoms with Crippen molar-refractivity contribution in [2.24, 2.45) is 0 Å². The Labute approximate surface area is 183 Å². The van der Waals surface area contributed by atoms with Crippen LogP contribution in [-0.2, 0) is 9.53 Å². The molecule has 0 unspecified atom stereocenters. The second-order valence-electron chi connectivity index (χ2n) is 6.89. The minimum Gasteiger partial charge on any atom is -0.448 e. The zero-order valence-electron chi connectivity index (χ0n) is 16.2. The normalized spacial score (nSPS) is 13.6. The molecule has 0 radical (unpaired) electrons. The lowest BCUT2D eigenvalue weighted by atomic mass is 10.00. The number of carbonyl (C=O) groups is 4. The third-order valence-electron chi connectivity index (χ3n) is 4.88. The summed E-state index contributed by atoms with van der Waals surface area (Å²) in [6, 6.07) is 21.1. The van der Waals surface area contributed by atoms with Crippen LogP contribution in [0, 0.1) is 0 Å². The number of hydrogen-bond donors (Lipinski definition) is 0. The van der Waals surface area contributed by atoms with E-state index in [9.17, 15) is 19.2 Å². The Morgan fingerprint density at radius 1 is 0.806 bits per heavy atom. The fourth-order valence-electron chi connectivity index (χ4n) is 3.35. The minimum absolute atomic E-state index is 0.233. The summed E-state index contributed by atoms with van der Waals surface area (Å²) >= 11 is 5.89. The highest BCUT2D eigenvalue weighted by atomic mass is 35.5. The Morgan fingerprint density at radius 2 is 1.35 bits per heavy atom. The van der Waals surface area contributed by atoms with E-state index < -0.39 is 36.2 Å². The van der Waals surface area contributed by atoms with Gasteiger partial charge in [0, 0.05) is 16.1 Å². The highest BCUT2D eigenvalue weighted by Gasteiger charge is 2.37. The molecule has 1 heterocycles. The van der Waals surface area contributed by atoms with E-state index in [2.05, 4.69) is 0 Å². The molecule has 0 aromatic heterocycles. The molecule has 1 aliphatic rings. The van der Waals surface area contributed by atoms with Gasteiger partial charge in [0.25, 0.3) is 11.8 Å². The molecule has 0 bridgehead atoms. The molecule has 0 spiro atoms. The van der Waals surface area contributed by atoms with Crippen molar-refractivity contribution in [3.63, 3.8) is 0 Å². The second-order valence-corrected chi connectivity index (χ2v) is 7.33. The van der Waals surface area contributed by atoms with Crippen molar-refractivity contribution in [3.05, 3.63) is 106 Å². The van der Waals surface area contributed by atoms with Crippen LogP contribution in [0.25, 0.3) is 0 Å². The van der Waals surface area contributed by atoms with E-state index in [4.69, 9.17) is 16.3 Å². The number of imide groups is 1. The Balaban J connectivity index is 1.55. The van der Waals surface area contributed by atoms with Crippen molar-refractivity contribution in [1.82, 2.24) is 4.90 Å². The first-order valence-corrected chi connectivity index (χ1v) is 9.83. The van der Waals surface area contributed by atoms with E-state index in [1.165, 1.54) is 12.1 Å². The molecule has 2 amide bonds. The van der Waals surface area contributed by atoms with Gasteiger partial charge < -0.3 is 4.74 Å². The molecule has 3 aromatic rings. The maximum Gasteiger partial charge on any atom is 0.327 e. The monoisotopic (exact) mass is 433 g/mol. The molecule has 4 rings (SSSR count). The van der Waals surface area contributed by atoms with Crippen LogP contribution in [0.2, 0.25) is 5.02 Å². The molecule has 7 heteroatoms. The van der Waals surface area contributed by atoms with Crippen LogP contribution >= 0.6 is 11.6 Å². The fraction of sp³-hybridized carbons (Fsp3) is 0.0833. The molecule has 0 fully saturated rings. The summed E-state index contributed by atoms with van der Waals surface area (Å²) < 4.78 is 5.47. The Bertz CT molecular complexity index is 1140. The van der Waals surface area contributed by atoms with Crippen LogP contribution in [-0.4, -0.2) is 35.0 Å². The molecule has 1 aliphatic heterocycles. The van der Waals surface area contributed by atoms with Gasteiger partial charge in [-0.25, -0.2) is 0 Å². The van der Waals surface area contributed by atoms with Gasteiger partial charge in [-0.3, -0.25) is 24.1 Å². The molecule has 154 valence electrons. The lowest BCUT2D eigenvalue weighted by Gasteiger charge is -2.19. The zero-order chi connectivity index (χ0) is 22.0. The number of ketones is 1. The summed E-state index contributed by atoms with van der Waals surface area (Å²) in [6.07, 6.45) is -1.23. The summed E-state index contributed by atoms with van der Waals surface area (Å²) in [5.74, 6) is -2.46. The maximum absolute atomic E-state index is 13.1. The number of hydrogen-bond acceptors (Lipinski definition) is 5. The standard InChI is InChI=1S/C24H16ClNO5/c25-17-12-10-15(11-13-17)21(28)22(16-6-2-1-3-7-16)31-20(27)14-26-23(29)18-8-4-5-9-19(18)24(26)30/h1-13,22H,14H2/t22-/m0/s1. The van der Waals surface area contributed by atoms with Gasteiger partial charge in [0.2, 0.25) is 5.78 Å². The van der Waals surface area contributed by atoms with Crippen molar-refractivity contribution in [2.45, 2.75) is 6.10 Å². The third kappa shape index (κ3) is 4.11. The molecule has 0 aliphatic carbocycles. The number of Topliss-reactive ketones (excluding diaryl/α,β-unsaturated/α-hetero) is 1. The number of ether oxygens (including phenoxy) is 1. The van der Waals surface area contributed by atoms with Gasteiger partial charge >= 0.3 is 5.97 Å². The first-order chi connectivity index (χ1) is 15.0. The van der Waals surface area contributed by atoms with Crippen LogP contribution < -0.4 is 0 Å². The van der Waals surface area contributed by atoms with Gasteiger partial charge in [0.1, 0.15) is 6.54 Å². The summed E-state index contributed by atoms with van der Waals surface area (Å²) in [5.41, 5.74) is 1.25. The van der Waals surface area contributed by atoms with E-state index in [0.717, 1.165) is 4.90 Å². The van der Waals surface area contributed by atoms with Crippen molar-refractivity contribution in [3.8, 4) is 0 Å². The van der Waals surface area contributed by atoms with E-state index in [1.807, 2.05) is 0 Å². The van der Waals surface area contributed by atoms with Crippen LogP contribution in [0.4, 0.5) is 0 Å². The molecule has 0 saturated carbocycles. The predicted octanol–water partition coefficient (Wildman–Crippen LogP) is 4.10. The van der Waals surface area contributed by atoms with Crippen molar-refractivity contribution >= 4 is 35.2 Å². The number of esters is 1. The van der Waals surface area contributed by atoms with E-state index in [1.54, 1.807) is 66.7 Å². The average Bonchev–Trinajstić information content (AvgIpc) is 3.03. The number of nitrogens with zero attached hydrogens (tertiary/aromatic N) is 1. The topological polar surface area (TPSA) is 80.8 Å². The fourth-order valence-corrected chi connectivity index (χ4v) is 3.47. The second kappa shape index (κ2) is 8.53. The Hall–Kier alpha value is -3.77. The smallest absolute Gasteiger partial charge is 0.327 e. The summed E-state index contributed by atoms with van der Waals surface area (Å²) in [7, 11) is 0. The number of halogens is 1. The van der Waals surface area contributed by atoms with Crippen LogP contribution in [0.3, 0.4) is 0 Å². The van der Waals surface area contributed by atoms with Gasteiger partial charge in [0.05, 0.1) is 11.1 Å². The van der Waals surface area contributed by atoms with Crippen LogP contribution in [0.1, 0.15) is 42.7 Å². The Kier molecular flexibility index (Phi) is 5.64. The maximum atomic E-state index is 13.1. The summed E-state index contributed by atoms with van der Waals surface area (Å²) in [5, 5.41) is 0.468. The number of fused-ring (bicyclic) bond motifs is 1. The molecule has 0 N–H and O–H groups in total. The average molecular weight is 434 g/mol. The van der Waals surface area contributed by atoms with E-state index in [-0.39, 0.29) is 11.1 Å². The molecule has 1 atom stereocenters. The SMILES string of the molecule is O=C(CN1C(=O)c2ccccc2C1=O)O[C@H](C(=O)c1ccc(Cl)cc1)c1ccccc1. The van der Waals surface area contributed by atoms with Gasteiger partial charge in [-0.1, -0.05) is 54.1 Å². The summed E-state index contributed by atoms with van der Waals surface area (Å²) in [4.78, 5) is 51.6. The molecular formula is C24H16ClNO5. The van der Waals surface area contributed by atoms with Crippen LogP contribution in [0.15, 0.2) is 78.9 Å². The predicted molar refractivity (Wildman–Crippen MR) is 113 cm³/mol. The Morgan fingerprint density at radius 3 is 1.94 bits per heavy atom. The molecule has 6 nitrogen and oxygen atoms in total. The first kappa shape index (κ1) is 20.5. The van der Waals surface area contributed by atoms with Gasteiger partial charge in [-0.2, -0.15) is 0 Å². The first-order valence-electron chi connectivity index (χ1n) is 9.45.